The molecular weight excluding hydrogens is 404 g/mol. The second-order valence-corrected chi connectivity index (χ2v) is 9.01. The van der Waals surface area contributed by atoms with E-state index in [9.17, 15) is 14.7 Å². The summed E-state index contributed by atoms with van der Waals surface area (Å²) >= 11 is 3.70. The standard InChI is InChI=1S/C23H25BrO3/c1-16(22(26)27)20(17-8-4-2-5-9-17)18-10-12-19(13-11-18)21(25)23(24)14-6-3-7-15-23/h2,4-5,8-13,16,20H,3,6-7,14-15H2,1H3,(H,26,27). The molecule has 1 N–H and O–H groups in total. The highest BCUT2D eigenvalue weighted by Gasteiger charge is 2.37. The number of halogens is 1. The van der Waals surface area contributed by atoms with E-state index in [-0.39, 0.29) is 11.7 Å². The molecule has 2 aromatic carbocycles. The maximum Gasteiger partial charge on any atom is 0.307 e. The number of rotatable bonds is 6. The van der Waals surface area contributed by atoms with Crippen molar-refractivity contribution in [2.45, 2.75) is 49.3 Å². The minimum Gasteiger partial charge on any atom is -0.481 e. The molecule has 0 spiro atoms. The number of ketones is 1. The molecule has 27 heavy (non-hydrogen) atoms. The van der Waals surface area contributed by atoms with Crippen LogP contribution in [0.15, 0.2) is 54.6 Å². The highest BCUT2D eigenvalue weighted by molar-refractivity contribution is 9.10. The number of benzene rings is 2. The maximum absolute atomic E-state index is 13.0. The third-order valence-electron chi connectivity index (χ3n) is 5.63. The number of aliphatic carboxylic acids is 1. The molecule has 0 heterocycles. The van der Waals surface area contributed by atoms with Crippen molar-refractivity contribution in [3.8, 4) is 0 Å². The van der Waals surface area contributed by atoms with Crippen LogP contribution in [0.2, 0.25) is 0 Å². The van der Waals surface area contributed by atoms with Gasteiger partial charge in [-0.05, 0) is 24.0 Å². The van der Waals surface area contributed by atoms with E-state index in [0.717, 1.165) is 36.8 Å². The predicted octanol–water partition coefficient (Wildman–Crippen LogP) is 5.82. The van der Waals surface area contributed by atoms with Gasteiger partial charge in [-0.2, -0.15) is 0 Å². The second-order valence-electron chi connectivity index (χ2n) is 7.49. The van der Waals surface area contributed by atoms with Crippen molar-refractivity contribution in [1.29, 1.82) is 0 Å². The summed E-state index contributed by atoms with van der Waals surface area (Å²) in [6.45, 7) is 1.73. The molecule has 1 fully saturated rings. The summed E-state index contributed by atoms with van der Waals surface area (Å²) in [5.74, 6) is -1.50. The third kappa shape index (κ3) is 4.32. The molecule has 0 amide bonds. The number of carboxylic acid groups (broad SMARTS) is 1. The monoisotopic (exact) mass is 428 g/mol. The van der Waals surface area contributed by atoms with Gasteiger partial charge >= 0.3 is 5.97 Å². The van der Waals surface area contributed by atoms with Gasteiger partial charge in [-0.15, -0.1) is 0 Å². The summed E-state index contributed by atoms with van der Waals surface area (Å²) < 4.78 is -0.444. The van der Waals surface area contributed by atoms with E-state index in [0.29, 0.717) is 5.56 Å². The molecule has 2 aromatic rings. The molecule has 0 bridgehead atoms. The SMILES string of the molecule is CC(C(=O)O)C(c1ccccc1)c1ccc(C(=O)C2(Br)CCCCC2)cc1. The molecule has 142 valence electrons. The van der Waals surface area contributed by atoms with Crippen molar-refractivity contribution in [1.82, 2.24) is 0 Å². The number of carboxylic acids is 1. The Labute approximate surface area is 168 Å². The van der Waals surface area contributed by atoms with Gasteiger partial charge in [-0.3, -0.25) is 9.59 Å². The number of alkyl halides is 1. The van der Waals surface area contributed by atoms with Crippen molar-refractivity contribution in [3.05, 3.63) is 71.3 Å². The van der Waals surface area contributed by atoms with Crippen LogP contribution in [0.3, 0.4) is 0 Å². The fourth-order valence-electron chi connectivity index (χ4n) is 4.01. The van der Waals surface area contributed by atoms with Gasteiger partial charge < -0.3 is 5.11 Å². The molecule has 3 rings (SSSR count). The third-order valence-corrected chi connectivity index (χ3v) is 6.79. The Bertz CT molecular complexity index is 792. The summed E-state index contributed by atoms with van der Waals surface area (Å²) in [5, 5.41) is 9.56. The van der Waals surface area contributed by atoms with Gasteiger partial charge in [-0.25, -0.2) is 0 Å². The van der Waals surface area contributed by atoms with E-state index < -0.39 is 16.2 Å². The largest absolute Gasteiger partial charge is 0.481 e. The van der Waals surface area contributed by atoms with E-state index in [4.69, 9.17) is 0 Å². The van der Waals surface area contributed by atoms with E-state index in [1.165, 1.54) is 6.42 Å². The van der Waals surface area contributed by atoms with E-state index in [1.54, 1.807) is 6.92 Å². The van der Waals surface area contributed by atoms with Crippen LogP contribution in [0, 0.1) is 5.92 Å². The lowest BCUT2D eigenvalue weighted by atomic mass is 9.80. The van der Waals surface area contributed by atoms with Crippen LogP contribution in [0.4, 0.5) is 0 Å². The Balaban J connectivity index is 1.89. The van der Waals surface area contributed by atoms with Crippen LogP contribution < -0.4 is 0 Å². The number of hydrogen-bond donors (Lipinski definition) is 1. The van der Waals surface area contributed by atoms with Crippen LogP contribution in [-0.2, 0) is 4.79 Å². The van der Waals surface area contributed by atoms with Gasteiger partial charge in [0, 0.05) is 11.5 Å². The van der Waals surface area contributed by atoms with E-state index >= 15 is 0 Å². The molecule has 1 saturated carbocycles. The summed E-state index contributed by atoms with van der Waals surface area (Å²) in [6.07, 6.45) is 5.07. The highest BCUT2D eigenvalue weighted by Crippen LogP contribution is 2.39. The van der Waals surface area contributed by atoms with Crippen molar-refractivity contribution in [2.24, 2.45) is 5.92 Å². The van der Waals surface area contributed by atoms with E-state index in [2.05, 4.69) is 15.9 Å². The van der Waals surface area contributed by atoms with Gasteiger partial charge in [0.2, 0.25) is 0 Å². The fraction of sp³-hybridized carbons (Fsp3) is 0.391. The summed E-state index contributed by atoms with van der Waals surface area (Å²) in [6, 6.07) is 17.2. The van der Waals surface area contributed by atoms with Gasteiger partial charge in [0.1, 0.15) is 0 Å². The molecule has 0 saturated heterocycles. The maximum atomic E-state index is 13.0. The molecule has 3 nitrogen and oxygen atoms in total. The van der Waals surface area contributed by atoms with Crippen LogP contribution in [0.1, 0.15) is 66.4 Å². The molecule has 0 radical (unpaired) electrons. The lowest BCUT2D eigenvalue weighted by Crippen LogP contribution is -2.34. The molecule has 0 aromatic heterocycles. The van der Waals surface area contributed by atoms with Gasteiger partial charge in [-0.1, -0.05) is 96.7 Å². The first-order valence-corrected chi connectivity index (χ1v) is 10.3. The minimum atomic E-state index is -0.828. The van der Waals surface area contributed by atoms with E-state index in [1.807, 2.05) is 54.6 Å². The summed E-state index contributed by atoms with van der Waals surface area (Å²) in [5.41, 5.74) is 2.57. The van der Waals surface area contributed by atoms with Gasteiger partial charge in [0.05, 0.1) is 10.2 Å². The fourth-order valence-corrected chi connectivity index (χ4v) is 4.80. The Morgan fingerprint density at radius 1 is 0.926 bits per heavy atom. The normalized spacial score (nSPS) is 18.4. The topological polar surface area (TPSA) is 54.4 Å². The lowest BCUT2D eigenvalue weighted by molar-refractivity contribution is -0.141. The highest BCUT2D eigenvalue weighted by atomic mass is 79.9. The number of carbonyl (C=O) groups is 2. The quantitative estimate of drug-likeness (QED) is 0.465. The first kappa shape index (κ1) is 19.8. The van der Waals surface area contributed by atoms with Gasteiger partial charge in [0.25, 0.3) is 0 Å². The van der Waals surface area contributed by atoms with Crippen LogP contribution >= 0.6 is 15.9 Å². The van der Waals surface area contributed by atoms with Gasteiger partial charge in [0.15, 0.2) is 5.78 Å². The lowest BCUT2D eigenvalue weighted by Gasteiger charge is -2.30. The van der Waals surface area contributed by atoms with Crippen molar-refractivity contribution < 1.29 is 14.7 Å². The smallest absolute Gasteiger partial charge is 0.307 e. The zero-order valence-electron chi connectivity index (χ0n) is 15.5. The average Bonchev–Trinajstić information content (AvgIpc) is 2.69. The predicted molar refractivity (Wildman–Crippen MR) is 111 cm³/mol. The Morgan fingerprint density at radius 3 is 2.04 bits per heavy atom. The zero-order valence-corrected chi connectivity index (χ0v) is 17.1. The number of hydrogen-bond acceptors (Lipinski definition) is 2. The molecule has 1 aliphatic rings. The zero-order chi connectivity index (χ0) is 19.4. The molecule has 2 atom stereocenters. The Morgan fingerprint density at radius 2 is 1.48 bits per heavy atom. The Hall–Kier alpha value is -1.94. The van der Waals surface area contributed by atoms with Crippen LogP contribution in [-0.4, -0.2) is 21.2 Å². The average molecular weight is 429 g/mol. The molecule has 1 aliphatic carbocycles. The van der Waals surface area contributed by atoms with Crippen LogP contribution in [0.25, 0.3) is 0 Å². The Kier molecular flexibility index (Phi) is 6.15. The molecule has 0 aliphatic heterocycles. The molecule has 2 unspecified atom stereocenters. The summed E-state index contributed by atoms with van der Waals surface area (Å²) in [7, 11) is 0. The van der Waals surface area contributed by atoms with Crippen molar-refractivity contribution in [3.63, 3.8) is 0 Å². The summed E-state index contributed by atoms with van der Waals surface area (Å²) in [4.78, 5) is 24.6. The first-order valence-electron chi connectivity index (χ1n) is 9.54. The second kappa shape index (κ2) is 8.39. The molecule has 4 heteroatoms. The van der Waals surface area contributed by atoms with Crippen molar-refractivity contribution in [2.75, 3.05) is 0 Å². The minimum absolute atomic E-state index is 0.135. The number of Topliss-reactive ketones (excluding diaryl/α,β-unsaturated/α-hetero) is 1. The first-order chi connectivity index (χ1) is 12.9. The van der Waals surface area contributed by atoms with Crippen molar-refractivity contribution >= 4 is 27.7 Å². The van der Waals surface area contributed by atoms with Crippen LogP contribution in [0.5, 0.6) is 0 Å². The molecular formula is C23H25BrO3. The number of carbonyl (C=O) groups excluding carboxylic acids is 1.